The Bertz CT molecular complexity index is 1280. The predicted octanol–water partition coefficient (Wildman–Crippen LogP) is 4.49. The molecule has 8 heteroatoms. The molecule has 0 radical (unpaired) electrons. The predicted molar refractivity (Wildman–Crippen MR) is 116 cm³/mol. The third-order valence-electron chi connectivity index (χ3n) is 5.28. The Hall–Kier alpha value is -3.81. The van der Waals surface area contributed by atoms with Crippen molar-refractivity contribution in [3.8, 4) is 45.6 Å². The van der Waals surface area contributed by atoms with E-state index in [1.807, 2.05) is 36.4 Å². The van der Waals surface area contributed by atoms with Crippen molar-refractivity contribution in [3.63, 3.8) is 0 Å². The van der Waals surface area contributed by atoms with E-state index in [4.69, 9.17) is 23.9 Å². The molecule has 0 saturated carbocycles. The van der Waals surface area contributed by atoms with Crippen LogP contribution in [0.3, 0.4) is 0 Å². The summed E-state index contributed by atoms with van der Waals surface area (Å²) in [4.78, 5) is 14.1. The maximum atomic E-state index is 5.56. The number of nitrogens with zero attached hydrogens (tertiary/aromatic N) is 4. The van der Waals surface area contributed by atoms with Gasteiger partial charge in [-0.2, -0.15) is 0 Å². The molecule has 0 atom stereocenters. The summed E-state index contributed by atoms with van der Waals surface area (Å²) in [6, 6.07) is 11.7. The van der Waals surface area contributed by atoms with E-state index in [0.29, 0.717) is 17.2 Å². The summed E-state index contributed by atoms with van der Waals surface area (Å²) in [6.07, 6.45) is 1.57. The van der Waals surface area contributed by atoms with Crippen molar-refractivity contribution < 1.29 is 18.9 Å². The molecule has 0 aliphatic carbocycles. The number of ether oxygens (including phenoxy) is 4. The van der Waals surface area contributed by atoms with E-state index in [1.165, 1.54) is 0 Å². The first-order chi connectivity index (χ1) is 15.1. The minimum absolute atomic E-state index is 0.138. The number of fused-ring (bicyclic) bond motifs is 2. The summed E-state index contributed by atoms with van der Waals surface area (Å²) in [6.45, 7) is 4.44. The van der Waals surface area contributed by atoms with Crippen molar-refractivity contribution in [2.45, 2.75) is 19.9 Å². The van der Waals surface area contributed by atoms with Gasteiger partial charge in [0.25, 0.3) is 0 Å². The van der Waals surface area contributed by atoms with Gasteiger partial charge in [0.2, 0.25) is 6.79 Å². The SMILES string of the molecule is COc1ccc(-c2ncnc3c2nc(-c2ccc4c(c2)OCO4)n3C(C)C)cc1OC. The molecule has 31 heavy (non-hydrogen) atoms. The molecular formula is C23H22N4O4. The lowest BCUT2D eigenvalue weighted by Crippen LogP contribution is -2.04. The Morgan fingerprint density at radius 2 is 1.68 bits per heavy atom. The second-order valence-corrected chi connectivity index (χ2v) is 7.43. The van der Waals surface area contributed by atoms with Gasteiger partial charge in [0.1, 0.15) is 23.4 Å². The van der Waals surface area contributed by atoms with Gasteiger partial charge in [-0.05, 0) is 50.2 Å². The maximum Gasteiger partial charge on any atom is 0.231 e. The number of hydrogen-bond donors (Lipinski definition) is 0. The Morgan fingerprint density at radius 3 is 2.45 bits per heavy atom. The lowest BCUT2D eigenvalue weighted by Gasteiger charge is -2.13. The molecule has 0 saturated heterocycles. The molecule has 2 aromatic carbocycles. The fourth-order valence-electron chi connectivity index (χ4n) is 3.83. The van der Waals surface area contributed by atoms with E-state index >= 15 is 0 Å². The molecule has 3 heterocycles. The molecule has 0 fully saturated rings. The van der Waals surface area contributed by atoms with Gasteiger partial charge < -0.3 is 23.5 Å². The summed E-state index contributed by atoms with van der Waals surface area (Å²) >= 11 is 0. The number of benzene rings is 2. The van der Waals surface area contributed by atoms with Crippen molar-refractivity contribution in [2.75, 3.05) is 21.0 Å². The summed E-state index contributed by atoms with van der Waals surface area (Å²) in [5.74, 6) is 3.54. The number of imidazole rings is 1. The van der Waals surface area contributed by atoms with E-state index in [-0.39, 0.29) is 12.8 Å². The molecule has 1 aliphatic heterocycles. The van der Waals surface area contributed by atoms with Crippen LogP contribution < -0.4 is 18.9 Å². The average molecular weight is 418 g/mol. The Labute approximate surface area is 179 Å². The van der Waals surface area contributed by atoms with Crippen LogP contribution in [0, 0.1) is 0 Å². The van der Waals surface area contributed by atoms with Crippen LogP contribution in [0.2, 0.25) is 0 Å². The Kier molecular flexibility index (Phi) is 4.62. The molecule has 5 rings (SSSR count). The fraction of sp³-hybridized carbons (Fsp3) is 0.261. The van der Waals surface area contributed by atoms with Gasteiger partial charge in [-0.25, -0.2) is 15.0 Å². The molecule has 0 N–H and O–H groups in total. The monoisotopic (exact) mass is 418 g/mol. The Morgan fingerprint density at radius 1 is 0.903 bits per heavy atom. The van der Waals surface area contributed by atoms with Gasteiger partial charge in [0.05, 0.1) is 14.2 Å². The largest absolute Gasteiger partial charge is 0.493 e. The lowest BCUT2D eigenvalue weighted by atomic mass is 10.1. The zero-order chi connectivity index (χ0) is 21.5. The van der Waals surface area contributed by atoms with E-state index in [2.05, 4.69) is 28.4 Å². The third-order valence-corrected chi connectivity index (χ3v) is 5.28. The van der Waals surface area contributed by atoms with Crippen LogP contribution in [0.25, 0.3) is 33.8 Å². The summed E-state index contributed by atoms with van der Waals surface area (Å²) in [5, 5.41) is 0. The summed E-state index contributed by atoms with van der Waals surface area (Å²) in [5.41, 5.74) is 4.01. The highest BCUT2D eigenvalue weighted by atomic mass is 16.7. The molecule has 0 unspecified atom stereocenters. The number of aromatic nitrogens is 4. The molecular weight excluding hydrogens is 396 g/mol. The van der Waals surface area contributed by atoms with Crippen molar-refractivity contribution in [3.05, 3.63) is 42.7 Å². The van der Waals surface area contributed by atoms with E-state index < -0.39 is 0 Å². The Balaban J connectivity index is 1.72. The molecule has 158 valence electrons. The normalized spacial score (nSPS) is 12.5. The topological polar surface area (TPSA) is 80.5 Å². The lowest BCUT2D eigenvalue weighted by molar-refractivity contribution is 0.174. The molecule has 2 aromatic heterocycles. The zero-order valence-corrected chi connectivity index (χ0v) is 17.7. The minimum atomic E-state index is 0.138. The van der Waals surface area contributed by atoms with Crippen molar-refractivity contribution in [1.29, 1.82) is 0 Å². The van der Waals surface area contributed by atoms with Crippen molar-refractivity contribution in [1.82, 2.24) is 19.5 Å². The van der Waals surface area contributed by atoms with Gasteiger partial charge in [0, 0.05) is 17.2 Å². The van der Waals surface area contributed by atoms with Gasteiger partial charge >= 0.3 is 0 Å². The minimum Gasteiger partial charge on any atom is -0.493 e. The van der Waals surface area contributed by atoms with Crippen LogP contribution in [-0.2, 0) is 0 Å². The molecule has 0 bridgehead atoms. The first kappa shape index (κ1) is 19.2. The smallest absolute Gasteiger partial charge is 0.231 e. The number of methoxy groups -OCH3 is 2. The zero-order valence-electron chi connectivity index (χ0n) is 17.7. The fourth-order valence-corrected chi connectivity index (χ4v) is 3.83. The van der Waals surface area contributed by atoms with Crippen LogP contribution in [0.15, 0.2) is 42.7 Å². The highest BCUT2D eigenvalue weighted by Gasteiger charge is 2.22. The second-order valence-electron chi connectivity index (χ2n) is 7.43. The maximum absolute atomic E-state index is 5.56. The van der Waals surface area contributed by atoms with E-state index in [9.17, 15) is 0 Å². The quantitative estimate of drug-likeness (QED) is 0.472. The summed E-state index contributed by atoms with van der Waals surface area (Å²) < 4.78 is 24.0. The van der Waals surface area contributed by atoms with Crippen LogP contribution in [0.1, 0.15) is 19.9 Å². The van der Waals surface area contributed by atoms with Crippen LogP contribution in [0.5, 0.6) is 23.0 Å². The molecule has 1 aliphatic rings. The molecule has 0 amide bonds. The molecule has 8 nitrogen and oxygen atoms in total. The molecule has 0 spiro atoms. The van der Waals surface area contributed by atoms with Crippen molar-refractivity contribution >= 4 is 11.2 Å². The number of hydrogen-bond acceptors (Lipinski definition) is 7. The average Bonchev–Trinajstić information content (AvgIpc) is 3.42. The van der Waals surface area contributed by atoms with E-state index in [1.54, 1.807) is 20.5 Å². The standard InChI is InChI=1S/C23H22N4O4/c1-13(2)27-22(15-6-8-17-19(10-15)31-12-30-17)26-21-20(24-11-25-23(21)27)14-5-7-16(28-3)18(9-14)29-4/h5-11,13H,12H2,1-4H3. The van der Waals surface area contributed by atoms with Gasteiger partial charge in [-0.3, -0.25) is 0 Å². The van der Waals surface area contributed by atoms with Crippen LogP contribution >= 0.6 is 0 Å². The second kappa shape index (κ2) is 7.46. The van der Waals surface area contributed by atoms with Gasteiger partial charge in [0.15, 0.2) is 28.6 Å². The van der Waals surface area contributed by atoms with Crippen molar-refractivity contribution in [2.24, 2.45) is 0 Å². The number of rotatable bonds is 5. The van der Waals surface area contributed by atoms with Crippen LogP contribution in [-0.4, -0.2) is 40.5 Å². The first-order valence-corrected chi connectivity index (χ1v) is 9.96. The van der Waals surface area contributed by atoms with Gasteiger partial charge in [-0.15, -0.1) is 0 Å². The van der Waals surface area contributed by atoms with E-state index in [0.717, 1.165) is 39.6 Å². The highest BCUT2D eigenvalue weighted by Crippen LogP contribution is 2.39. The third kappa shape index (κ3) is 3.11. The highest BCUT2D eigenvalue weighted by molar-refractivity contribution is 5.90. The first-order valence-electron chi connectivity index (χ1n) is 9.96. The van der Waals surface area contributed by atoms with Crippen LogP contribution in [0.4, 0.5) is 0 Å². The molecule has 4 aromatic rings. The summed E-state index contributed by atoms with van der Waals surface area (Å²) in [7, 11) is 3.23. The van der Waals surface area contributed by atoms with Gasteiger partial charge in [-0.1, -0.05) is 0 Å².